The number of benzene rings is 1. The van der Waals surface area contributed by atoms with Crippen LogP contribution >= 0.6 is 0 Å². The van der Waals surface area contributed by atoms with E-state index in [0.717, 1.165) is 0 Å². The SMILES string of the molecule is C=CCN(CC=C)C(=O)c1ccc(N)cc1. The molecule has 3 nitrogen and oxygen atoms in total. The summed E-state index contributed by atoms with van der Waals surface area (Å²) in [5.41, 5.74) is 6.83. The average molecular weight is 216 g/mol. The lowest BCUT2D eigenvalue weighted by Gasteiger charge is -2.19. The highest BCUT2D eigenvalue weighted by Crippen LogP contribution is 2.08. The quantitative estimate of drug-likeness (QED) is 0.605. The molecule has 1 rings (SSSR count). The Morgan fingerprint density at radius 2 is 1.69 bits per heavy atom. The second-order valence-electron chi connectivity index (χ2n) is 3.41. The number of anilines is 1. The maximum atomic E-state index is 12.0. The summed E-state index contributed by atoms with van der Waals surface area (Å²) in [5.74, 6) is -0.0419. The van der Waals surface area contributed by atoms with Crippen molar-refractivity contribution in [1.29, 1.82) is 0 Å². The van der Waals surface area contributed by atoms with E-state index in [1.54, 1.807) is 41.3 Å². The molecule has 0 aromatic heterocycles. The second-order valence-corrected chi connectivity index (χ2v) is 3.41. The predicted molar refractivity (Wildman–Crippen MR) is 67.2 cm³/mol. The van der Waals surface area contributed by atoms with Crippen LogP contribution in [0.2, 0.25) is 0 Å². The number of nitrogens with zero attached hydrogens (tertiary/aromatic N) is 1. The van der Waals surface area contributed by atoms with Crippen molar-refractivity contribution in [3.8, 4) is 0 Å². The molecule has 3 heteroatoms. The molecule has 0 fully saturated rings. The molecule has 0 unspecified atom stereocenters. The Kier molecular flexibility index (Phi) is 4.33. The first-order valence-electron chi connectivity index (χ1n) is 5.05. The van der Waals surface area contributed by atoms with Crippen molar-refractivity contribution >= 4 is 11.6 Å². The Morgan fingerprint density at radius 3 is 2.12 bits per heavy atom. The van der Waals surface area contributed by atoms with Crippen molar-refractivity contribution in [2.75, 3.05) is 18.8 Å². The van der Waals surface area contributed by atoms with Gasteiger partial charge in [-0.25, -0.2) is 0 Å². The fourth-order valence-corrected chi connectivity index (χ4v) is 1.36. The lowest BCUT2D eigenvalue weighted by atomic mass is 10.2. The molecular formula is C13H16N2O. The van der Waals surface area contributed by atoms with E-state index < -0.39 is 0 Å². The summed E-state index contributed by atoms with van der Waals surface area (Å²) in [6.45, 7) is 8.27. The highest BCUT2D eigenvalue weighted by molar-refractivity contribution is 5.94. The number of carbonyl (C=O) groups is 1. The normalized spacial score (nSPS) is 9.50. The number of nitrogens with two attached hydrogens (primary N) is 1. The van der Waals surface area contributed by atoms with Gasteiger partial charge in [-0.15, -0.1) is 13.2 Å². The summed E-state index contributed by atoms with van der Waals surface area (Å²) in [6.07, 6.45) is 3.39. The maximum Gasteiger partial charge on any atom is 0.254 e. The predicted octanol–water partition coefficient (Wildman–Crippen LogP) is 2.08. The van der Waals surface area contributed by atoms with Gasteiger partial charge in [0.05, 0.1) is 0 Å². The van der Waals surface area contributed by atoms with Crippen LogP contribution in [0, 0.1) is 0 Å². The van der Waals surface area contributed by atoms with Crippen LogP contribution in [-0.4, -0.2) is 23.9 Å². The van der Waals surface area contributed by atoms with Crippen LogP contribution in [0.15, 0.2) is 49.6 Å². The molecular weight excluding hydrogens is 200 g/mol. The molecule has 84 valence electrons. The summed E-state index contributed by atoms with van der Waals surface area (Å²) in [6, 6.07) is 6.87. The van der Waals surface area contributed by atoms with Crippen molar-refractivity contribution in [2.24, 2.45) is 0 Å². The van der Waals surface area contributed by atoms with Crippen molar-refractivity contribution in [3.05, 3.63) is 55.1 Å². The Balaban J connectivity index is 2.84. The molecule has 0 radical (unpaired) electrons. The number of hydrogen-bond donors (Lipinski definition) is 1. The monoisotopic (exact) mass is 216 g/mol. The summed E-state index contributed by atoms with van der Waals surface area (Å²) in [5, 5.41) is 0. The number of hydrogen-bond acceptors (Lipinski definition) is 2. The molecule has 0 aliphatic heterocycles. The van der Waals surface area contributed by atoms with Gasteiger partial charge in [0, 0.05) is 24.3 Å². The van der Waals surface area contributed by atoms with E-state index in [1.165, 1.54) is 0 Å². The molecule has 1 aromatic carbocycles. The molecule has 0 aliphatic rings. The van der Waals surface area contributed by atoms with E-state index >= 15 is 0 Å². The number of amides is 1. The van der Waals surface area contributed by atoms with Gasteiger partial charge in [-0.3, -0.25) is 4.79 Å². The van der Waals surface area contributed by atoms with Gasteiger partial charge >= 0.3 is 0 Å². The van der Waals surface area contributed by atoms with Crippen LogP contribution in [0.25, 0.3) is 0 Å². The molecule has 0 saturated carbocycles. The van der Waals surface area contributed by atoms with E-state index in [4.69, 9.17) is 5.73 Å². The Labute approximate surface area is 95.9 Å². The van der Waals surface area contributed by atoms with Gasteiger partial charge < -0.3 is 10.6 Å². The van der Waals surface area contributed by atoms with Crippen LogP contribution in [0.4, 0.5) is 5.69 Å². The minimum Gasteiger partial charge on any atom is -0.399 e. The van der Waals surface area contributed by atoms with E-state index in [9.17, 15) is 4.79 Å². The van der Waals surface area contributed by atoms with E-state index in [1.807, 2.05) is 0 Å². The van der Waals surface area contributed by atoms with Crippen molar-refractivity contribution in [2.45, 2.75) is 0 Å². The molecule has 0 heterocycles. The third-order valence-electron chi connectivity index (χ3n) is 2.14. The van der Waals surface area contributed by atoms with Gasteiger partial charge in [0.15, 0.2) is 0 Å². The Hall–Kier alpha value is -2.03. The Bertz CT molecular complexity index is 371. The van der Waals surface area contributed by atoms with Gasteiger partial charge in [-0.05, 0) is 24.3 Å². The first-order chi connectivity index (χ1) is 7.69. The minimum atomic E-state index is -0.0419. The highest BCUT2D eigenvalue weighted by atomic mass is 16.2. The summed E-state index contributed by atoms with van der Waals surface area (Å²) in [4.78, 5) is 13.7. The minimum absolute atomic E-state index is 0.0419. The van der Waals surface area contributed by atoms with Crippen LogP contribution in [0.1, 0.15) is 10.4 Å². The Morgan fingerprint density at radius 1 is 1.19 bits per heavy atom. The van der Waals surface area contributed by atoms with Gasteiger partial charge in [-0.2, -0.15) is 0 Å². The molecule has 0 atom stereocenters. The lowest BCUT2D eigenvalue weighted by molar-refractivity contribution is 0.0791. The average Bonchev–Trinajstić information content (AvgIpc) is 2.29. The van der Waals surface area contributed by atoms with Gasteiger partial charge in [0.2, 0.25) is 0 Å². The zero-order chi connectivity index (χ0) is 12.0. The first kappa shape index (κ1) is 12.0. The van der Waals surface area contributed by atoms with Crippen LogP contribution < -0.4 is 5.73 Å². The fraction of sp³-hybridized carbons (Fsp3) is 0.154. The molecule has 1 amide bonds. The van der Waals surface area contributed by atoms with E-state index in [-0.39, 0.29) is 5.91 Å². The molecule has 0 spiro atoms. The van der Waals surface area contributed by atoms with E-state index in [2.05, 4.69) is 13.2 Å². The van der Waals surface area contributed by atoms with E-state index in [0.29, 0.717) is 24.3 Å². The number of nitrogen functional groups attached to an aromatic ring is 1. The third kappa shape index (κ3) is 2.98. The molecule has 0 bridgehead atoms. The molecule has 0 saturated heterocycles. The fourth-order valence-electron chi connectivity index (χ4n) is 1.36. The van der Waals surface area contributed by atoms with Crippen molar-refractivity contribution in [1.82, 2.24) is 4.90 Å². The van der Waals surface area contributed by atoms with Gasteiger partial charge in [0.25, 0.3) is 5.91 Å². The molecule has 0 aliphatic carbocycles. The van der Waals surface area contributed by atoms with Crippen LogP contribution in [0.5, 0.6) is 0 Å². The molecule has 16 heavy (non-hydrogen) atoms. The lowest BCUT2D eigenvalue weighted by Crippen LogP contribution is -2.31. The van der Waals surface area contributed by atoms with Gasteiger partial charge in [-0.1, -0.05) is 12.2 Å². The zero-order valence-electron chi connectivity index (χ0n) is 9.23. The van der Waals surface area contributed by atoms with Crippen LogP contribution in [-0.2, 0) is 0 Å². The van der Waals surface area contributed by atoms with Crippen LogP contribution in [0.3, 0.4) is 0 Å². The second kappa shape index (κ2) is 5.75. The standard InChI is InChI=1S/C13H16N2O/c1-3-9-15(10-4-2)13(16)11-5-7-12(14)8-6-11/h3-8H,1-2,9-10,14H2. The number of carbonyl (C=O) groups excluding carboxylic acids is 1. The smallest absolute Gasteiger partial charge is 0.254 e. The summed E-state index contributed by atoms with van der Waals surface area (Å²) in [7, 11) is 0. The zero-order valence-corrected chi connectivity index (χ0v) is 9.23. The largest absolute Gasteiger partial charge is 0.399 e. The first-order valence-corrected chi connectivity index (χ1v) is 5.05. The summed E-state index contributed by atoms with van der Waals surface area (Å²) < 4.78 is 0. The maximum absolute atomic E-state index is 12.0. The number of rotatable bonds is 5. The van der Waals surface area contributed by atoms with Crippen molar-refractivity contribution in [3.63, 3.8) is 0 Å². The summed E-state index contributed by atoms with van der Waals surface area (Å²) >= 11 is 0. The third-order valence-corrected chi connectivity index (χ3v) is 2.14. The topological polar surface area (TPSA) is 46.3 Å². The molecule has 1 aromatic rings. The molecule has 2 N–H and O–H groups in total. The van der Waals surface area contributed by atoms with Gasteiger partial charge in [0.1, 0.15) is 0 Å². The van der Waals surface area contributed by atoms with Crippen molar-refractivity contribution < 1.29 is 4.79 Å². The highest BCUT2D eigenvalue weighted by Gasteiger charge is 2.12.